The van der Waals surface area contributed by atoms with Crippen molar-refractivity contribution in [3.05, 3.63) is 70.6 Å². The zero-order chi connectivity index (χ0) is 19.6. The summed E-state index contributed by atoms with van der Waals surface area (Å²) in [4.78, 5) is 24.0. The van der Waals surface area contributed by atoms with E-state index >= 15 is 0 Å². The summed E-state index contributed by atoms with van der Waals surface area (Å²) in [7, 11) is 0. The molecule has 4 nitrogen and oxygen atoms in total. The normalized spacial score (nSPS) is 11.8. The summed E-state index contributed by atoms with van der Waals surface area (Å²) < 4.78 is 1.03. The first kappa shape index (κ1) is 18.9. The number of rotatable bonds is 4. The predicted octanol–water partition coefficient (Wildman–Crippen LogP) is 5.55. The Kier molecular flexibility index (Phi) is 5.15. The molecule has 0 aliphatic carbocycles. The lowest BCUT2D eigenvalue weighted by atomic mass is 9.87. The molecule has 0 saturated carbocycles. The highest BCUT2D eigenvalue weighted by Crippen LogP contribution is 2.29. The number of thiophene rings is 1. The Morgan fingerprint density at radius 1 is 1.04 bits per heavy atom. The van der Waals surface area contributed by atoms with Gasteiger partial charge in [-0.25, -0.2) is 4.79 Å². The molecule has 0 bridgehead atoms. The highest BCUT2D eigenvalue weighted by Gasteiger charge is 2.14. The maximum atomic E-state index is 12.5. The number of nitrogens with one attached hydrogen (secondary N) is 1. The minimum absolute atomic E-state index is 0.0474. The van der Waals surface area contributed by atoms with Crippen LogP contribution in [0.2, 0.25) is 0 Å². The third kappa shape index (κ3) is 4.63. The highest BCUT2D eigenvalue weighted by atomic mass is 32.1. The second-order valence-corrected chi connectivity index (χ2v) is 8.47. The molecular weight excluding hydrogens is 358 g/mol. The summed E-state index contributed by atoms with van der Waals surface area (Å²) >= 11 is 1.50. The maximum Gasteiger partial charge on any atom is 0.328 e. The van der Waals surface area contributed by atoms with Crippen molar-refractivity contribution in [3.8, 4) is 0 Å². The van der Waals surface area contributed by atoms with Gasteiger partial charge in [-0.1, -0.05) is 32.9 Å². The fourth-order valence-electron chi connectivity index (χ4n) is 2.70. The van der Waals surface area contributed by atoms with Crippen LogP contribution in [0.25, 0.3) is 16.2 Å². The molecule has 3 rings (SSSR count). The van der Waals surface area contributed by atoms with E-state index in [0.29, 0.717) is 11.3 Å². The van der Waals surface area contributed by atoms with Crippen LogP contribution in [0.3, 0.4) is 0 Å². The second kappa shape index (κ2) is 7.37. The summed E-state index contributed by atoms with van der Waals surface area (Å²) in [6, 6.07) is 15.2. The molecule has 27 heavy (non-hydrogen) atoms. The van der Waals surface area contributed by atoms with Crippen molar-refractivity contribution >= 4 is 45.1 Å². The van der Waals surface area contributed by atoms with Crippen molar-refractivity contribution in [1.82, 2.24) is 0 Å². The van der Waals surface area contributed by atoms with Gasteiger partial charge in [-0.3, -0.25) is 4.79 Å². The van der Waals surface area contributed by atoms with Gasteiger partial charge in [-0.2, -0.15) is 0 Å². The van der Waals surface area contributed by atoms with Crippen molar-refractivity contribution in [2.24, 2.45) is 0 Å². The van der Waals surface area contributed by atoms with E-state index in [0.717, 1.165) is 21.0 Å². The van der Waals surface area contributed by atoms with Crippen LogP contribution in [0.5, 0.6) is 0 Å². The number of benzene rings is 2. The summed E-state index contributed by atoms with van der Waals surface area (Å²) in [5, 5.41) is 12.6. The number of anilines is 1. The molecule has 0 fully saturated rings. The molecule has 0 saturated heterocycles. The molecule has 0 aliphatic rings. The third-order valence-corrected chi connectivity index (χ3v) is 5.28. The molecule has 2 N–H and O–H groups in total. The van der Waals surface area contributed by atoms with E-state index in [9.17, 15) is 9.59 Å². The minimum Gasteiger partial charge on any atom is -0.478 e. The number of carbonyl (C=O) groups excluding carboxylic acids is 1. The molecule has 0 spiro atoms. The van der Waals surface area contributed by atoms with Crippen LogP contribution in [-0.4, -0.2) is 17.0 Å². The van der Waals surface area contributed by atoms with E-state index in [1.165, 1.54) is 16.9 Å². The first-order valence-corrected chi connectivity index (χ1v) is 9.40. The molecule has 1 amide bonds. The van der Waals surface area contributed by atoms with Crippen LogP contribution >= 0.6 is 11.3 Å². The number of hydrogen-bond acceptors (Lipinski definition) is 3. The SMILES string of the molecule is CC(C)(C)c1ccc(C(=O)Nc2ccc3sc(/C=C/C(=O)O)cc3c2)cc1. The Hall–Kier alpha value is -2.92. The van der Waals surface area contributed by atoms with Gasteiger partial charge in [0, 0.05) is 26.9 Å². The van der Waals surface area contributed by atoms with Gasteiger partial charge in [0.25, 0.3) is 5.91 Å². The van der Waals surface area contributed by atoms with E-state index < -0.39 is 5.97 Å². The van der Waals surface area contributed by atoms with Crippen molar-refractivity contribution < 1.29 is 14.7 Å². The minimum atomic E-state index is -0.974. The van der Waals surface area contributed by atoms with E-state index in [4.69, 9.17) is 5.11 Å². The number of hydrogen-bond donors (Lipinski definition) is 2. The van der Waals surface area contributed by atoms with Gasteiger partial charge in [0.15, 0.2) is 0 Å². The smallest absolute Gasteiger partial charge is 0.328 e. The topological polar surface area (TPSA) is 66.4 Å². The van der Waals surface area contributed by atoms with Gasteiger partial charge in [-0.05, 0) is 58.8 Å². The summed E-state index contributed by atoms with van der Waals surface area (Å²) in [6.07, 6.45) is 2.69. The Morgan fingerprint density at radius 3 is 2.37 bits per heavy atom. The fraction of sp³-hybridized carbons (Fsp3) is 0.182. The van der Waals surface area contributed by atoms with Crippen LogP contribution in [0, 0.1) is 0 Å². The van der Waals surface area contributed by atoms with E-state index in [1.54, 1.807) is 6.08 Å². The zero-order valence-corrected chi connectivity index (χ0v) is 16.3. The van der Waals surface area contributed by atoms with Crippen LogP contribution in [0.1, 0.15) is 41.6 Å². The van der Waals surface area contributed by atoms with E-state index in [1.807, 2.05) is 48.5 Å². The third-order valence-electron chi connectivity index (χ3n) is 4.20. The Morgan fingerprint density at radius 2 is 1.74 bits per heavy atom. The van der Waals surface area contributed by atoms with Gasteiger partial charge < -0.3 is 10.4 Å². The number of amides is 1. The molecule has 0 atom stereocenters. The number of carbonyl (C=O) groups is 2. The molecule has 0 unspecified atom stereocenters. The molecule has 5 heteroatoms. The first-order chi connectivity index (χ1) is 12.7. The summed E-state index contributed by atoms with van der Waals surface area (Å²) in [6.45, 7) is 6.41. The molecule has 138 valence electrons. The van der Waals surface area contributed by atoms with Crippen molar-refractivity contribution in [2.45, 2.75) is 26.2 Å². The standard InChI is InChI=1S/C22H21NO3S/c1-22(2,3)16-6-4-14(5-7-16)21(26)23-17-8-10-19-15(12-17)13-18(27-19)9-11-20(24)25/h4-13H,1-3H3,(H,23,26)(H,24,25)/b11-9+. The lowest BCUT2D eigenvalue weighted by Gasteiger charge is -2.19. The number of carboxylic acid groups (broad SMARTS) is 1. The number of aliphatic carboxylic acids is 1. The first-order valence-electron chi connectivity index (χ1n) is 8.59. The largest absolute Gasteiger partial charge is 0.478 e. The average Bonchev–Trinajstić information content (AvgIpc) is 3.01. The van der Waals surface area contributed by atoms with Crippen LogP contribution in [-0.2, 0) is 10.2 Å². The monoisotopic (exact) mass is 379 g/mol. The van der Waals surface area contributed by atoms with Gasteiger partial charge in [0.05, 0.1) is 0 Å². The van der Waals surface area contributed by atoms with Gasteiger partial charge in [0.2, 0.25) is 0 Å². The van der Waals surface area contributed by atoms with Crippen LogP contribution < -0.4 is 5.32 Å². The molecular formula is C22H21NO3S. The van der Waals surface area contributed by atoms with Crippen molar-refractivity contribution in [2.75, 3.05) is 5.32 Å². The maximum absolute atomic E-state index is 12.5. The van der Waals surface area contributed by atoms with E-state index in [2.05, 4.69) is 26.1 Å². The molecule has 1 aromatic heterocycles. The van der Waals surface area contributed by atoms with Gasteiger partial charge >= 0.3 is 5.97 Å². The lowest BCUT2D eigenvalue weighted by Crippen LogP contribution is -2.14. The van der Waals surface area contributed by atoms with Crippen molar-refractivity contribution in [1.29, 1.82) is 0 Å². The Labute approximate surface area is 162 Å². The van der Waals surface area contributed by atoms with Crippen LogP contribution in [0.15, 0.2) is 54.6 Å². The van der Waals surface area contributed by atoms with Crippen LogP contribution in [0.4, 0.5) is 5.69 Å². The van der Waals surface area contributed by atoms with Crippen molar-refractivity contribution in [3.63, 3.8) is 0 Å². The summed E-state index contributed by atoms with van der Waals surface area (Å²) in [5.74, 6) is -1.13. The van der Waals surface area contributed by atoms with E-state index in [-0.39, 0.29) is 11.3 Å². The Balaban J connectivity index is 1.77. The summed E-state index contributed by atoms with van der Waals surface area (Å²) in [5.41, 5.74) is 2.55. The number of carboxylic acids is 1. The molecule has 0 radical (unpaired) electrons. The molecule has 1 heterocycles. The molecule has 3 aromatic rings. The molecule has 2 aromatic carbocycles. The van der Waals surface area contributed by atoms with Gasteiger partial charge in [0.1, 0.15) is 0 Å². The highest BCUT2D eigenvalue weighted by molar-refractivity contribution is 7.19. The Bertz CT molecular complexity index is 1020. The zero-order valence-electron chi connectivity index (χ0n) is 15.4. The average molecular weight is 379 g/mol. The number of fused-ring (bicyclic) bond motifs is 1. The quantitative estimate of drug-likeness (QED) is 0.584. The fourth-order valence-corrected chi connectivity index (χ4v) is 3.65. The van der Waals surface area contributed by atoms with Gasteiger partial charge in [-0.15, -0.1) is 11.3 Å². The second-order valence-electron chi connectivity index (χ2n) is 7.35. The lowest BCUT2D eigenvalue weighted by molar-refractivity contribution is -0.131. The molecule has 0 aliphatic heterocycles. The predicted molar refractivity (Wildman–Crippen MR) is 112 cm³/mol.